The summed E-state index contributed by atoms with van der Waals surface area (Å²) < 4.78 is 27.1. The molecule has 1 aliphatic carbocycles. The van der Waals surface area contributed by atoms with Gasteiger partial charge in [-0.2, -0.15) is 4.31 Å². The molecule has 1 aromatic carbocycles. The van der Waals surface area contributed by atoms with Gasteiger partial charge in [0.05, 0.1) is 16.7 Å². The Morgan fingerprint density at radius 1 is 1.11 bits per heavy atom. The number of aliphatic carboxylic acids is 1. The lowest BCUT2D eigenvalue weighted by molar-refractivity contribution is -0.146. The number of anilines is 1. The first-order valence-corrected chi connectivity index (χ1v) is 11.0. The third-order valence-corrected chi connectivity index (χ3v) is 7.35. The third kappa shape index (κ3) is 4.44. The predicted molar refractivity (Wildman–Crippen MR) is 105 cm³/mol. The largest absolute Gasteiger partial charge is 0.481 e. The lowest BCUT2D eigenvalue weighted by Gasteiger charge is -2.30. The van der Waals surface area contributed by atoms with E-state index in [1.807, 2.05) is 13.0 Å². The van der Waals surface area contributed by atoms with Crippen molar-refractivity contribution in [1.82, 2.24) is 4.31 Å². The van der Waals surface area contributed by atoms with Crippen LogP contribution in [0.1, 0.15) is 32.6 Å². The molecule has 0 unspecified atom stereocenters. The molecule has 3 atom stereocenters. The normalized spacial score (nSPS) is 26.0. The number of sulfonamides is 1. The van der Waals surface area contributed by atoms with Crippen LogP contribution < -0.4 is 5.32 Å². The number of carbonyl (C=O) groups excluding carboxylic acids is 1. The van der Waals surface area contributed by atoms with Crippen molar-refractivity contribution in [1.29, 1.82) is 0 Å². The van der Waals surface area contributed by atoms with Crippen molar-refractivity contribution in [2.45, 2.75) is 37.5 Å². The van der Waals surface area contributed by atoms with Crippen LogP contribution in [0.25, 0.3) is 0 Å². The molecule has 28 heavy (non-hydrogen) atoms. The fourth-order valence-electron chi connectivity index (χ4n) is 3.84. The lowest BCUT2D eigenvalue weighted by atomic mass is 9.82. The Kier molecular flexibility index (Phi) is 6.20. The molecule has 1 amide bonds. The molecule has 2 aliphatic rings. The van der Waals surface area contributed by atoms with Gasteiger partial charge in [0.2, 0.25) is 15.9 Å². The molecule has 1 fully saturated rings. The van der Waals surface area contributed by atoms with Gasteiger partial charge < -0.3 is 10.4 Å². The summed E-state index contributed by atoms with van der Waals surface area (Å²) in [6.45, 7) is 3.09. The van der Waals surface area contributed by atoms with Crippen LogP contribution in [0.15, 0.2) is 41.3 Å². The highest BCUT2D eigenvalue weighted by Gasteiger charge is 2.34. The summed E-state index contributed by atoms with van der Waals surface area (Å²) in [5.74, 6) is -2.39. The molecule has 152 valence electrons. The van der Waals surface area contributed by atoms with Crippen LogP contribution in [0, 0.1) is 17.8 Å². The Morgan fingerprint density at radius 2 is 1.75 bits per heavy atom. The number of amides is 1. The van der Waals surface area contributed by atoms with Gasteiger partial charge in [-0.05, 0) is 55.9 Å². The van der Waals surface area contributed by atoms with E-state index in [-0.39, 0.29) is 10.8 Å². The van der Waals surface area contributed by atoms with Crippen LogP contribution in [-0.4, -0.2) is 42.8 Å². The molecule has 0 bridgehead atoms. The second-order valence-corrected chi connectivity index (χ2v) is 9.56. The van der Waals surface area contributed by atoms with Crippen LogP contribution in [0.3, 0.4) is 0 Å². The Bertz CT molecular complexity index is 863. The summed E-state index contributed by atoms with van der Waals surface area (Å²) in [4.78, 5) is 24.1. The maximum atomic E-state index is 12.8. The molecule has 0 radical (unpaired) electrons. The Balaban J connectivity index is 1.69. The maximum Gasteiger partial charge on any atom is 0.307 e. The highest BCUT2D eigenvalue weighted by molar-refractivity contribution is 7.89. The molecule has 8 heteroatoms. The monoisotopic (exact) mass is 406 g/mol. The van der Waals surface area contributed by atoms with Crippen molar-refractivity contribution in [3.8, 4) is 0 Å². The molecule has 1 aliphatic heterocycles. The number of allylic oxidation sites excluding steroid dienone is 2. The number of nitrogens with zero attached hydrogens (tertiary/aromatic N) is 1. The van der Waals surface area contributed by atoms with Crippen molar-refractivity contribution in [2.75, 3.05) is 18.4 Å². The number of carbonyl (C=O) groups is 2. The Morgan fingerprint density at radius 3 is 2.36 bits per heavy atom. The van der Waals surface area contributed by atoms with Crippen LogP contribution in [0.4, 0.5) is 5.69 Å². The average Bonchev–Trinajstić information content (AvgIpc) is 2.68. The van der Waals surface area contributed by atoms with Crippen molar-refractivity contribution < 1.29 is 23.1 Å². The van der Waals surface area contributed by atoms with Crippen LogP contribution in [0.5, 0.6) is 0 Å². The summed E-state index contributed by atoms with van der Waals surface area (Å²) in [6.07, 6.45) is 6.20. The molecule has 0 aromatic heterocycles. The number of rotatable bonds is 5. The van der Waals surface area contributed by atoms with Crippen LogP contribution in [-0.2, 0) is 19.6 Å². The third-order valence-electron chi connectivity index (χ3n) is 5.47. The van der Waals surface area contributed by atoms with E-state index in [1.54, 1.807) is 18.2 Å². The van der Waals surface area contributed by atoms with Crippen molar-refractivity contribution in [3.05, 3.63) is 36.4 Å². The summed E-state index contributed by atoms with van der Waals surface area (Å²) in [5.41, 5.74) is 0.453. The molecular weight excluding hydrogens is 380 g/mol. The molecule has 0 spiro atoms. The second kappa shape index (κ2) is 8.45. The Labute approximate surface area is 165 Å². The van der Waals surface area contributed by atoms with Gasteiger partial charge in [0.1, 0.15) is 0 Å². The molecule has 2 N–H and O–H groups in total. The lowest BCUT2D eigenvalue weighted by Crippen LogP contribution is -2.39. The maximum absolute atomic E-state index is 12.8. The fraction of sp³-hybridized carbons (Fsp3) is 0.500. The molecule has 1 heterocycles. The minimum Gasteiger partial charge on any atom is -0.481 e. The predicted octanol–water partition coefficient (Wildman–Crippen LogP) is 2.71. The van der Waals surface area contributed by atoms with Crippen molar-refractivity contribution in [3.63, 3.8) is 0 Å². The number of benzene rings is 1. The minimum absolute atomic E-state index is 0.198. The van der Waals surface area contributed by atoms with Gasteiger partial charge in [0.15, 0.2) is 0 Å². The summed E-state index contributed by atoms with van der Waals surface area (Å²) in [7, 11) is -3.55. The topological polar surface area (TPSA) is 104 Å². The number of carboxylic acids is 1. The van der Waals surface area contributed by atoms with Gasteiger partial charge in [-0.1, -0.05) is 19.1 Å². The summed E-state index contributed by atoms with van der Waals surface area (Å²) in [6, 6.07) is 6.07. The van der Waals surface area contributed by atoms with E-state index in [9.17, 15) is 23.1 Å². The Hall–Kier alpha value is -2.19. The first-order chi connectivity index (χ1) is 13.3. The van der Waals surface area contributed by atoms with Gasteiger partial charge in [-0.3, -0.25) is 9.59 Å². The SMILES string of the molecule is C[C@@H]1CCCN(S(=O)(=O)c2ccc(NC(=O)[C@@H]3CC=CC[C@H]3C(=O)O)cc2)C1. The average molecular weight is 407 g/mol. The summed E-state index contributed by atoms with van der Waals surface area (Å²) >= 11 is 0. The quantitative estimate of drug-likeness (QED) is 0.732. The van der Waals surface area contributed by atoms with Crippen LogP contribution in [0.2, 0.25) is 0 Å². The standard InChI is InChI=1S/C20H26N2O5S/c1-14-5-4-12-22(13-14)28(26,27)16-10-8-15(9-11-16)21-19(23)17-6-2-3-7-18(17)20(24)25/h2-3,8-11,14,17-18H,4-7,12-13H2,1H3,(H,21,23)(H,24,25)/t14-,17-,18-/m1/s1. The van der Waals surface area contributed by atoms with Gasteiger partial charge in [0.25, 0.3) is 0 Å². The van der Waals surface area contributed by atoms with E-state index in [4.69, 9.17) is 0 Å². The fourth-order valence-corrected chi connectivity index (χ4v) is 5.43. The van der Waals surface area contributed by atoms with E-state index < -0.39 is 27.8 Å². The van der Waals surface area contributed by atoms with E-state index in [0.29, 0.717) is 37.5 Å². The minimum atomic E-state index is -3.55. The number of nitrogens with one attached hydrogen (secondary N) is 1. The number of carboxylic acid groups (broad SMARTS) is 1. The van der Waals surface area contributed by atoms with Gasteiger partial charge in [-0.25, -0.2) is 8.42 Å². The number of piperidine rings is 1. The van der Waals surface area contributed by atoms with Gasteiger partial charge in [0, 0.05) is 18.8 Å². The summed E-state index contributed by atoms with van der Waals surface area (Å²) in [5, 5.41) is 12.0. The molecule has 7 nitrogen and oxygen atoms in total. The first kappa shape index (κ1) is 20.5. The van der Waals surface area contributed by atoms with E-state index >= 15 is 0 Å². The van der Waals surface area contributed by atoms with Crippen LogP contribution >= 0.6 is 0 Å². The van der Waals surface area contributed by atoms with E-state index in [2.05, 4.69) is 5.32 Å². The smallest absolute Gasteiger partial charge is 0.307 e. The van der Waals surface area contributed by atoms with Crippen molar-refractivity contribution >= 4 is 27.6 Å². The van der Waals surface area contributed by atoms with Gasteiger partial charge >= 0.3 is 5.97 Å². The molecule has 1 saturated heterocycles. The number of hydrogen-bond acceptors (Lipinski definition) is 4. The zero-order valence-corrected chi connectivity index (χ0v) is 16.7. The molecule has 1 aromatic rings. The zero-order chi connectivity index (χ0) is 20.3. The highest BCUT2D eigenvalue weighted by atomic mass is 32.2. The molecule has 3 rings (SSSR count). The van der Waals surface area contributed by atoms with E-state index in [1.165, 1.54) is 16.4 Å². The van der Waals surface area contributed by atoms with Gasteiger partial charge in [-0.15, -0.1) is 0 Å². The van der Waals surface area contributed by atoms with E-state index in [0.717, 1.165) is 12.8 Å². The molecular formula is C20H26N2O5S. The second-order valence-electron chi connectivity index (χ2n) is 7.62. The molecule has 0 saturated carbocycles. The zero-order valence-electron chi connectivity index (χ0n) is 15.9. The highest BCUT2D eigenvalue weighted by Crippen LogP contribution is 2.28. The van der Waals surface area contributed by atoms with Crippen molar-refractivity contribution in [2.24, 2.45) is 17.8 Å². The number of hydrogen-bond donors (Lipinski definition) is 2. The first-order valence-electron chi connectivity index (χ1n) is 9.58.